The molecule has 100 valence electrons. The van der Waals surface area contributed by atoms with Crippen molar-refractivity contribution in [1.82, 2.24) is 5.32 Å². The highest BCUT2D eigenvalue weighted by Crippen LogP contribution is 2.17. The highest BCUT2D eigenvalue weighted by atomic mass is 19.1. The van der Waals surface area contributed by atoms with Gasteiger partial charge in [0, 0.05) is 18.7 Å². The Morgan fingerprint density at radius 3 is 2.50 bits per heavy atom. The van der Waals surface area contributed by atoms with Crippen LogP contribution in [0.15, 0.2) is 12.1 Å². The smallest absolute Gasteiger partial charge is 0.251 e. The van der Waals surface area contributed by atoms with E-state index in [2.05, 4.69) is 5.32 Å². The zero-order valence-electron chi connectivity index (χ0n) is 10.3. The first-order valence-electron chi connectivity index (χ1n) is 5.60. The molecule has 1 aromatic carbocycles. The maximum Gasteiger partial charge on any atom is 0.251 e. The van der Waals surface area contributed by atoms with Crippen LogP contribution >= 0.6 is 0 Å². The van der Waals surface area contributed by atoms with Gasteiger partial charge in [-0.2, -0.15) is 0 Å². The Hall–Kier alpha value is -1.69. The van der Waals surface area contributed by atoms with Gasteiger partial charge in [0.25, 0.3) is 5.91 Å². The van der Waals surface area contributed by atoms with E-state index in [-0.39, 0.29) is 18.2 Å². The molecule has 0 spiro atoms. The fourth-order valence-corrected chi connectivity index (χ4v) is 1.40. The van der Waals surface area contributed by atoms with Gasteiger partial charge in [0.05, 0.1) is 6.10 Å². The average molecular weight is 258 g/mol. The van der Waals surface area contributed by atoms with Gasteiger partial charge in [-0.05, 0) is 26.0 Å². The number of halogens is 2. The van der Waals surface area contributed by atoms with E-state index in [0.29, 0.717) is 6.61 Å². The maximum atomic E-state index is 13.2. The number of anilines is 1. The van der Waals surface area contributed by atoms with Gasteiger partial charge < -0.3 is 15.8 Å². The molecule has 0 aromatic heterocycles. The molecule has 1 atom stereocenters. The van der Waals surface area contributed by atoms with Crippen LogP contribution in [-0.2, 0) is 4.74 Å². The molecule has 3 N–H and O–H groups in total. The van der Waals surface area contributed by atoms with E-state index >= 15 is 0 Å². The van der Waals surface area contributed by atoms with Crippen LogP contribution in [0, 0.1) is 11.6 Å². The van der Waals surface area contributed by atoms with E-state index in [1.165, 1.54) is 0 Å². The number of nitrogen functional groups attached to an aromatic ring is 1. The number of rotatable bonds is 5. The minimum atomic E-state index is -0.946. The number of hydrogen-bond acceptors (Lipinski definition) is 3. The molecule has 1 unspecified atom stereocenters. The first-order valence-corrected chi connectivity index (χ1v) is 5.60. The van der Waals surface area contributed by atoms with Crippen molar-refractivity contribution >= 4 is 11.6 Å². The average Bonchev–Trinajstić information content (AvgIpc) is 2.32. The molecule has 0 radical (unpaired) electrons. The molecular weight excluding hydrogens is 242 g/mol. The lowest BCUT2D eigenvalue weighted by Gasteiger charge is -2.12. The van der Waals surface area contributed by atoms with E-state index in [9.17, 15) is 13.6 Å². The molecular formula is C12H16F2N2O2. The standard InChI is InChI=1S/C12H16F2N2O2/c1-3-18-7(2)6-16-12(17)8-4-9(13)11(15)10(14)5-8/h4-5,7H,3,6,15H2,1-2H3,(H,16,17). The highest BCUT2D eigenvalue weighted by molar-refractivity contribution is 5.94. The predicted octanol–water partition coefficient (Wildman–Crippen LogP) is 1.70. The Kier molecular flexibility index (Phi) is 5.03. The number of ether oxygens (including phenoxy) is 1. The number of nitrogens with one attached hydrogen (secondary N) is 1. The summed E-state index contributed by atoms with van der Waals surface area (Å²) in [5.74, 6) is -2.46. The summed E-state index contributed by atoms with van der Waals surface area (Å²) in [6.07, 6.45) is -0.164. The molecule has 1 rings (SSSR count). The third kappa shape index (κ3) is 3.66. The zero-order valence-corrected chi connectivity index (χ0v) is 10.3. The van der Waals surface area contributed by atoms with Crippen molar-refractivity contribution in [2.45, 2.75) is 20.0 Å². The Balaban J connectivity index is 2.67. The third-order valence-corrected chi connectivity index (χ3v) is 2.34. The Morgan fingerprint density at radius 2 is 2.00 bits per heavy atom. The predicted molar refractivity (Wildman–Crippen MR) is 64.2 cm³/mol. The minimum absolute atomic E-state index is 0.108. The van der Waals surface area contributed by atoms with Gasteiger partial charge in [-0.15, -0.1) is 0 Å². The normalized spacial score (nSPS) is 12.2. The minimum Gasteiger partial charge on any atom is -0.394 e. The molecule has 6 heteroatoms. The lowest BCUT2D eigenvalue weighted by atomic mass is 10.1. The molecule has 0 aliphatic rings. The number of carbonyl (C=O) groups excluding carboxylic acids is 1. The second-order valence-corrected chi connectivity index (χ2v) is 3.83. The van der Waals surface area contributed by atoms with Crippen LogP contribution in [-0.4, -0.2) is 25.2 Å². The Bertz CT molecular complexity index is 415. The van der Waals surface area contributed by atoms with E-state index < -0.39 is 23.2 Å². The number of hydrogen-bond donors (Lipinski definition) is 2. The monoisotopic (exact) mass is 258 g/mol. The summed E-state index contributed by atoms with van der Waals surface area (Å²) in [5.41, 5.74) is 4.41. The van der Waals surface area contributed by atoms with Crippen LogP contribution < -0.4 is 11.1 Å². The van der Waals surface area contributed by atoms with Crippen LogP contribution in [0.4, 0.5) is 14.5 Å². The van der Waals surface area contributed by atoms with Crippen LogP contribution in [0.1, 0.15) is 24.2 Å². The second kappa shape index (κ2) is 6.30. The van der Waals surface area contributed by atoms with Gasteiger partial charge in [0.2, 0.25) is 0 Å². The molecule has 18 heavy (non-hydrogen) atoms. The molecule has 1 aromatic rings. The highest BCUT2D eigenvalue weighted by Gasteiger charge is 2.13. The fraction of sp³-hybridized carbons (Fsp3) is 0.417. The van der Waals surface area contributed by atoms with Crippen molar-refractivity contribution in [2.24, 2.45) is 0 Å². The molecule has 1 amide bonds. The van der Waals surface area contributed by atoms with Crippen molar-refractivity contribution in [2.75, 3.05) is 18.9 Å². The molecule has 0 fully saturated rings. The quantitative estimate of drug-likeness (QED) is 0.790. The van der Waals surface area contributed by atoms with E-state index in [1.807, 2.05) is 6.92 Å². The van der Waals surface area contributed by atoms with Crippen LogP contribution in [0.3, 0.4) is 0 Å². The molecule has 4 nitrogen and oxygen atoms in total. The molecule has 0 aliphatic heterocycles. The lowest BCUT2D eigenvalue weighted by molar-refractivity contribution is 0.0695. The zero-order chi connectivity index (χ0) is 13.7. The molecule has 0 heterocycles. The molecule has 0 aliphatic carbocycles. The lowest BCUT2D eigenvalue weighted by Crippen LogP contribution is -2.32. The van der Waals surface area contributed by atoms with Crippen LogP contribution in [0.5, 0.6) is 0 Å². The molecule has 0 saturated heterocycles. The van der Waals surface area contributed by atoms with Crippen LogP contribution in [0.2, 0.25) is 0 Å². The fourth-order valence-electron chi connectivity index (χ4n) is 1.40. The van der Waals surface area contributed by atoms with Crippen molar-refractivity contribution in [3.63, 3.8) is 0 Å². The number of carbonyl (C=O) groups is 1. The first kappa shape index (κ1) is 14.4. The van der Waals surface area contributed by atoms with Crippen molar-refractivity contribution in [3.05, 3.63) is 29.3 Å². The van der Waals surface area contributed by atoms with Gasteiger partial charge >= 0.3 is 0 Å². The summed E-state index contributed by atoms with van der Waals surface area (Å²) in [4.78, 5) is 11.6. The van der Waals surface area contributed by atoms with E-state index in [1.54, 1.807) is 6.92 Å². The summed E-state index contributed by atoms with van der Waals surface area (Å²) in [6.45, 7) is 4.42. The van der Waals surface area contributed by atoms with Gasteiger partial charge in [0.1, 0.15) is 17.3 Å². The van der Waals surface area contributed by atoms with Gasteiger partial charge in [-0.25, -0.2) is 8.78 Å². The number of nitrogens with two attached hydrogens (primary N) is 1. The first-order chi connectivity index (χ1) is 8.45. The van der Waals surface area contributed by atoms with Crippen molar-refractivity contribution < 1.29 is 18.3 Å². The number of benzene rings is 1. The van der Waals surface area contributed by atoms with Gasteiger partial charge in [0.15, 0.2) is 0 Å². The number of amides is 1. The summed E-state index contributed by atoms with van der Waals surface area (Å²) >= 11 is 0. The van der Waals surface area contributed by atoms with Crippen LogP contribution in [0.25, 0.3) is 0 Å². The van der Waals surface area contributed by atoms with E-state index in [0.717, 1.165) is 12.1 Å². The summed E-state index contributed by atoms with van der Waals surface area (Å²) in [7, 11) is 0. The molecule has 0 bridgehead atoms. The summed E-state index contributed by atoms with van der Waals surface area (Å²) in [6, 6.07) is 1.80. The summed E-state index contributed by atoms with van der Waals surface area (Å²) < 4.78 is 31.5. The topological polar surface area (TPSA) is 64.3 Å². The second-order valence-electron chi connectivity index (χ2n) is 3.83. The molecule has 0 saturated carbocycles. The SMILES string of the molecule is CCOC(C)CNC(=O)c1cc(F)c(N)c(F)c1. The van der Waals surface area contributed by atoms with Gasteiger partial charge in [-0.3, -0.25) is 4.79 Å². The van der Waals surface area contributed by atoms with Gasteiger partial charge in [-0.1, -0.05) is 0 Å². The largest absolute Gasteiger partial charge is 0.394 e. The van der Waals surface area contributed by atoms with Crippen molar-refractivity contribution in [3.8, 4) is 0 Å². The third-order valence-electron chi connectivity index (χ3n) is 2.34. The van der Waals surface area contributed by atoms with Crippen molar-refractivity contribution in [1.29, 1.82) is 0 Å². The maximum absolute atomic E-state index is 13.2. The summed E-state index contributed by atoms with van der Waals surface area (Å²) in [5, 5.41) is 2.52. The Morgan fingerprint density at radius 1 is 1.44 bits per heavy atom. The Labute approximate surface area is 104 Å². The van der Waals surface area contributed by atoms with E-state index in [4.69, 9.17) is 10.5 Å².